The first-order valence-electron chi connectivity index (χ1n) is 5.99. The van der Waals surface area contributed by atoms with Gasteiger partial charge in [0.2, 0.25) is 0 Å². The summed E-state index contributed by atoms with van der Waals surface area (Å²) in [5.41, 5.74) is 7.11. The van der Waals surface area contributed by atoms with E-state index in [2.05, 4.69) is 15.2 Å². The lowest BCUT2D eigenvalue weighted by molar-refractivity contribution is 0.0954. The van der Waals surface area contributed by atoms with Crippen LogP contribution in [0.2, 0.25) is 0 Å². The number of hydrogen-bond acceptors (Lipinski definition) is 5. The molecule has 1 aromatic rings. The Bertz CT molecular complexity index is 424. The number of nitrogens with one attached hydrogen (secondary N) is 1. The summed E-state index contributed by atoms with van der Waals surface area (Å²) in [7, 11) is 1.59. The van der Waals surface area contributed by atoms with Gasteiger partial charge in [0.15, 0.2) is 0 Å². The molecule has 0 aliphatic carbocycles. The summed E-state index contributed by atoms with van der Waals surface area (Å²) >= 11 is 0. The van der Waals surface area contributed by atoms with Crippen molar-refractivity contribution in [1.82, 2.24) is 10.3 Å². The number of morpholine rings is 1. The van der Waals surface area contributed by atoms with E-state index in [1.165, 1.54) is 0 Å². The van der Waals surface area contributed by atoms with Gasteiger partial charge >= 0.3 is 0 Å². The molecule has 18 heavy (non-hydrogen) atoms. The Morgan fingerprint density at radius 1 is 1.72 bits per heavy atom. The van der Waals surface area contributed by atoms with Crippen molar-refractivity contribution >= 4 is 11.6 Å². The van der Waals surface area contributed by atoms with E-state index in [-0.39, 0.29) is 11.9 Å². The predicted octanol–water partition coefficient (Wildman–Crippen LogP) is -0.395. The van der Waals surface area contributed by atoms with Crippen molar-refractivity contribution in [2.75, 3.05) is 38.3 Å². The summed E-state index contributed by atoms with van der Waals surface area (Å²) in [5.74, 6) is -0.186. The summed E-state index contributed by atoms with van der Waals surface area (Å²) in [4.78, 5) is 17.8. The highest BCUT2D eigenvalue weighted by Gasteiger charge is 2.22. The van der Waals surface area contributed by atoms with Crippen LogP contribution in [0.3, 0.4) is 0 Å². The first-order chi connectivity index (χ1) is 8.76. The van der Waals surface area contributed by atoms with Crippen molar-refractivity contribution < 1.29 is 9.53 Å². The van der Waals surface area contributed by atoms with Crippen molar-refractivity contribution in [3.63, 3.8) is 0 Å². The van der Waals surface area contributed by atoms with Gasteiger partial charge in [-0.05, 0) is 12.1 Å². The number of nitrogens with two attached hydrogens (primary N) is 1. The maximum Gasteiger partial charge on any atom is 0.269 e. The molecule has 1 aliphatic rings. The molecule has 1 aliphatic heterocycles. The molecule has 0 spiro atoms. The van der Waals surface area contributed by atoms with E-state index in [1.54, 1.807) is 19.3 Å². The Morgan fingerprint density at radius 3 is 3.28 bits per heavy atom. The first-order valence-corrected chi connectivity index (χ1v) is 5.99. The SMILES string of the molecule is CNC(=O)c1cc(N2CCOCC2CN)ccn1. The Labute approximate surface area is 106 Å². The van der Waals surface area contributed by atoms with Gasteiger partial charge in [-0.15, -0.1) is 0 Å². The van der Waals surface area contributed by atoms with Gasteiger partial charge in [0.05, 0.1) is 19.3 Å². The fraction of sp³-hybridized carbons (Fsp3) is 0.500. The first kappa shape index (κ1) is 12.8. The van der Waals surface area contributed by atoms with Gasteiger partial charge in [0.1, 0.15) is 5.69 Å². The third-order valence-electron chi connectivity index (χ3n) is 3.03. The van der Waals surface area contributed by atoms with E-state index >= 15 is 0 Å². The minimum Gasteiger partial charge on any atom is -0.377 e. The maximum absolute atomic E-state index is 11.6. The van der Waals surface area contributed by atoms with Crippen molar-refractivity contribution in [3.05, 3.63) is 24.0 Å². The lowest BCUT2D eigenvalue weighted by Gasteiger charge is -2.36. The van der Waals surface area contributed by atoms with Crippen LogP contribution < -0.4 is 16.0 Å². The zero-order valence-corrected chi connectivity index (χ0v) is 10.4. The maximum atomic E-state index is 11.6. The summed E-state index contributed by atoms with van der Waals surface area (Å²) in [6.07, 6.45) is 1.64. The molecular formula is C12H18N4O2. The van der Waals surface area contributed by atoms with Crippen LogP contribution in [-0.4, -0.2) is 50.3 Å². The average Bonchev–Trinajstić information content (AvgIpc) is 2.46. The molecule has 2 heterocycles. The average molecular weight is 250 g/mol. The molecule has 0 bridgehead atoms. The number of ether oxygens (including phenoxy) is 1. The van der Waals surface area contributed by atoms with E-state index in [0.717, 1.165) is 12.2 Å². The molecule has 0 aromatic carbocycles. The molecular weight excluding hydrogens is 232 g/mol. The van der Waals surface area contributed by atoms with E-state index in [0.29, 0.717) is 25.5 Å². The van der Waals surface area contributed by atoms with Gasteiger partial charge < -0.3 is 20.7 Å². The van der Waals surface area contributed by atoms with E-state index in [1.807, 2.05) is 6.07 Å². The molecule has 1 atom stereocenters. The number of carbonyl (C=O) groups is 1. The van der Waals surface area contributed by atoms with Crippen LogP contribution in [0, 0.1) is 0 Å². The van der Waals surface area contributed by atoms with Gasteiger partial charge in [-0.1, -0.05) is 0 Å². The molecule has 2 rings (SSSR count). The molecule has 3 N–H and O–H groups in total. The molecule has 0 saturated carbocycles. The lowest BCUT2D eigenvalue weighted by atomic mass is 10.2. The molecule has 1 unspecified atom stereocenters. The number of rotatable bonds is 3. The normalized spacial score (nSPS) is 19.7. The van der Waals surface area contributed by atoms with Crippen LogP contribution in [0.25, 0.3) is 0 Å². The molecule has 6 heteroatoms. The monoisotopic (exact) mass is 250 g/mol. The van der Waals surface area contributed by atoms with Gasteiger partial charge in [-0.3, -0.25) is 9.78 Å². The number of hydrogen-bond donors (Lipinski definition) is 2. The summed E-state index contributed by atoms with van der Waals surface area (Å²) < 4.78 is 5.41. The Balaban J connectivity index is 2.23. The third kappa shape index (κ3) is 2.60. The number of pyridine rings is 1. The molecule has 1 aromatic heterocycles. The Kier molecular flexibility index (Phi) is 4.11. The van der Waals surface area contributed by atoms with Gasteiger partial charge in [-0.25, -0.2) is 0 Å². The van der Waals surface area contributed by atoms with Crippen LogP contribution >= 0.6 is 0 Å². The van der Waals surface area contributed by atoms with Crippen molar-refractivity contribution in [2.24, 2.45) is 5.73 Å². The highest BCUT2D eigenvalue weighted by Crippen LogP contribution is 2.19. The molecule has 6 nitrogen and oxygen atoms in total. The van der Waals surface area contributed by atoms with Crippen LogP contribution in [0.15, 0.2) is 18.3 Å². The van der Waals surface area contributed by atoms with E-state index in [4.69, 9.17) is 10.5 Å². The minimum atomic E-state index is -0.186. The zero-order chi connectivity index (χ0) is 13.0. The van der Waals surface area contributed by atoms with Gasteiger partial charge in [0.25, 0.3) is 5.91 Å². The van der Waals surface area contributed by atoms with Gasteiger partial charge in [-0.2, -0.15) is 0 Å². The fourth-order valence-corrected chi connectivity index (χ4v) is 2.04. The topological polar surface area (TPSA) is 80.5 Å². The highest BCUT2D eigenvalue weighted by atomic mass is 16.5. The summed E-state index contributed by atoms with van der Waals surface area (Å²) in [6, 6.07) is 3.83. The van der Waals surface area contributed by atoms with E-state index < -0.39 is 0 Å². The number of anilines is 1. The predicted molar refractivity (Wildman–Crippen MR) is 68.6 cm³/mol. The van der Waals surface area contributed by atoms with Crippen LogP contribution in [0.5, 0.6) is 0 Å². The van der Waals surface area contributed by atoms with Gasteiger partial charge in [0, 0.05) is 32.0 Å². The fourth-order valence-electron chi connectivity index (χ4n) is 2.04. The smallest absolute Gasteiger partial charge is 0.269 e. The minimum absolute atomic E-state index is 0.152. The van der Waals surface area contributed by atoms with Crippen molar-refractivity contribution in [2.45, 2.75) is 6.04 Å². The van der Waals surface area contributed by atoms with E-state index in [9.17, 15) is 4.79 Å². The van der Waals surface area contributed by atoms with Crippen LogP contribution in [0.1, 0.15) is 10.5 Å². The Morgan fingerprint density at radius 2 is 2.56 bits per heavy atom. The number of amides is 1. The second-order valence-corrected chi connectivity index (χ2v) is 4.14. The summed E-state index contributed by atoms with van der Waals surface area (Å²) in [6.45, 7) is 2.60. The zero-order valence-electron chi connectivity index (χ0n) is 10.4. The van der Waals surface area contributed by atoms with Crippen LogP contribution in [-0.2, 0) is 4.74 Å². The number of aromatic nitrogens is 1. The largest absolute Gasteiger partial charge is 0.377 e. The second-order valence-electron chi connectivity index (χ2n) is 4.14. The third-order valence-corrected chi connectivity index (χ3v) is 3.03. The summed E-state index contributed by atoms with van der Waals surface area (Å²) in [5, 5.41) is 2.57. The van der Waals surface area contributed by atoms with Crippen molar-refractivity contribution in [3.8, 4) is 0 Å². The number of carbonyl (C=O) groups excluding carboxylic acids is 1. The van der Waals surface area contributed by atoms with Crippen LogP contribution in [0.4, 0.5) is 5.69 Å². The quantitative estimate of drug-likeness (QED) is 0.763. The molecule has 1 fully saturated rings. The molecule has 0 radical (unpaired) electrons. The van der Waals surface area contributed by atoms with Crippen molar-refractivity contribution in [1.29, 1.82) is 0 Å². The molecule has 98 valence electrons. The number of nitrogens with zero attached hydrogens (tertiary/aromatic N) is 2. The second kappa shape index (κ2) is 5.79. The highest BCUT2D eigenvalue weighted by molar-refractivity contribution is 5.92. The molecule has 1 saturated heterocycles. The molecule has 1 amide bonds. The standard InChI is InChI=1S/C12H18N4O2/c1-14-12(17)11-6-9(2-3-15-11)16-4-5-18-8-10(16)7-13/h2-3,6,10H,4-5,7-8,13H2,1H3,(H,14,17). The lowest BCUT2D eigenvalue weighted by Crippen LogP contribution is -2.49. The Hall–Kier alpha value is -1.66.